The maximum absolute atomic E-state index is 11.1. The summed E-state index contributed by atoms with van der Waals surface area (Å²) >= 11 is 0. The summed E-state index contributed by atoms with van der Waals surface area (Å²) in [5.41, 5.74) is 3.33. The zero-order valence-corrected chi connectivity index (χ0v) is 17.3. The predicted octanol–water partition coefficient (Wildman–Crippen LogP) is 5.69. The van der Waals surface area contributed by atoms with Crippen LogP contribution in [0.1, 0.15) is 96.0 Å². The average Bonchev–Trinajstić information content (AvgIpc) is 2.70. The molecule has 0 aliphatic carbocycles. The molecule has 0 fully saturated rings. The Bertz CT molecular complexity index is 491. The standard InChI is InChI=1S/C23H40N2O2/c1-2-3-4-5-6-7-8-9-10-11-12-13-14-16-21-17-15-18-22(19-21)27-20-23(26)25-24/h15,17-19H,2-14,16,20,24H2,1H3,(H,25,26). The van der Waals surface area contributed by atoms with Gasteiger partial charge in [0.2, 0.25) is 0 Å². The number of hydrogen-bond acceptors (Lipinski definition) is 3. The molecule has 1 aromatic rings. The average molecular weight is 377 g/mol. The lowest BCUT2D eigenvalue weighted by atomic mass is 10.0. The molecule has 1 amide bonds. The first-order valence-corrected chi connectivity index (χ1v) is 11.0. The van der Waals surface area contributed by atoms with Gasteiger partial charge in [-0.15, -0.1) is 0 Å². The summed E-state index contributed by atoms with van der Waals surface area (Å²) in [7, 11) is 0. The smallest absolute Gasteiger partial charge is 0.271 e. The molecule has 0 aromatic heterocycles. The van der Waals surface area contributed by atoms with Gasteiger partial charge in [-0.1, -0.05) is 96.1 Å². The molecule has 0 heterocycles. The fraction of sp³-hybridized carbons (Fsp3) is 0.696. The van der Waals surface area contributed by atoms with E-state index in [4.69, 9.17) is 10.6 Å². The highest BCUT2D eigenvalue weighted by Crippen LogP contribution is 2.17. The minimum absolute atomic E-state index is 0.0430. The van der Waals surface area contributed by atoms with Gasteiger partial charge in [0, 0.05) is 0 Å². The molecule has 0 unspecified atom stereocenters. The molecule has 0 bridgehead atoms. The number of nitrogens with two attached hydrogens (primary N) is 1. The minimum atomic E-state index is -0.322. The van der Waals surface area contributed by atoms with Gasteiger partial charge in [-0.05, 0) is 30.5 Å². The largest absolute Gasteiger partial charge is 0.484 e. The second-order valence-corrected chi connectivity index (χ2v) is 7.50. The monoisotopic (exact) mass is 376 g/mol. The first-order valence-electron chi connectivity index (χ1n) is 11.0. The summed E-state index contributed by atoms with van der Waals surface area (Å²) in [6, 6.07) is 7.99. The van der Waals surface area contributed by atoms with Crippen LogP contribution in [0.15, 0.2) is 24.3 Å². The molecule has 0 aliphatic heterocycles. The first-order chi connectivity index (χ1) is 13.3. The van der Waals surface area contributed by atoms with E-state index in [0.717, 1.165) is 12.2 Å². The summed E-state index contributed by atoms with van der Waals surface area (Å²) in [5, 5.41) is 0. The highest BCUT2D eigenvalue weighted by atomic mass is 16.5. The Kier molecular flexibility index (Phi) is 14.5. The molecule has 4 nitrogen and oxygen atoms in total. The SMILES string of the molecule is CCCCCCCCCCCCCCCc1cccc(OCC(=O)NN)c1. The van der Waals surface area contributed by atoms with E-state index >= 15 is 0 Å². The number of ether oxygens (including phenoxy) is 1. The van der Waals surface area contributed by atoms with E-state index in [9.17, 15) is 4.79 Å². The van der Waals surface area contributed by atoms with Crippen LogP contribution in [0.3, 0.4) is 0 Å². The Morgan fingerprint density at radius 2 is 1.44 bits per heavy atom. The lowest BCUT2D eigenvalue weighted by Gasteiger charge is -2.07. The van der Waals surface area contributed by atoms with Crippen molar-refractivity contribution in [1.29, 1.82) is 0 Å². The van der Waals surface area contributed by atoms with Gasteiger partial charge in [-0.25, -0.2) is 5.84 Å². The zero-order chi connectivity index (χ0) is 19.6. The molecule has 1 aromatic carbocycles. The van der Waals surface area contributed by atoms with Crippen molar-refractivity contribution >= 4 is 5.91 Å². The third-order valence-corrected chi connectivity index (χ3v) is 5.00. The third-order valence-electron chi connectivity index (χ3n) is 5.00. The molecular formula is C23H40N2O2. The number of amides is 1. The second kappa shape index (κ2) is 16.6. The minimum Gasteiger partial charge on any atom is -0.484 e. The summed E-state index contributed by atoms with van der Waals surface area (Å²) in [6.07, 6.45) is 18.9. The van der Waals surface area contributed by atoms with Crippen molar-refractivity contribution in [3.8, 4) is 5.75 Å². The van der Waals surface area contributed by atoms with E-state index in [0.29, 0.717) is 0 Å². The van der Waals surface area contributed by atoms with Crippen molar-refractivity contribution in [2.75, 3.05) is 6.61 Å². The van der Waals surface area contributed by atoms with Crippen LogP contribution in [-0.2, 0) is 11.2 Å². The maximum atomic E-state index is 11.1. The van der Waals surface area contributed by atoms with Crippen LogP contribution >= 0.6 is 0 Å². The third kappa shape index (κ3) is 13.3. The Balaban J connectivity index is 1.97. The second-order valence-electron chi connectivity index (χ2n) is 7.50. The number of carbonyl (C=O) groups excluding carboxylic acids is 1. The zero-order valence-electron chi connectivity index (χ0n) is 17.3. The lowest BCUT2D eigenvalue weighted by Crippen LogP contribution is -2.34. The molecule has 0 spiro atoms. The van der Waals surface area contributed by atoms with E-state index in [-0.39, 0.29) is 12.5 Å². The van der Waals surface area contributed by atoms with Crippen LogP contribution in [0.4, 0.5) is 0 Å². The number of rotatable bonds is 17. The highest BCUT2D eigenvalue weighted by molar-refractivity contribution is 5.76. The number of benzene rings is 1. The van der Waals surface area contributed by atoms with Crippen molar-refractivity contribution in [2.45, 2.75) is 96.8 Å². The molecule has 0 aliphatic rings. The quantitative estimate of drug-likeness (QED) is 0.159. The van der Waals surface area contributed by atoms with Crippen molar-refractivity contribution in [3.63, 3.8) is 0 Å². The molecule has 3 N–H and O–H groups in total. The lowest BCUT2D eigenvalue weighted by molar-refractivity contribution is -0.123. The molecule has 0 atom stereocenters. The number of nitrogens with one attached hydrogen (secondary N) is 1. The number of aryl methyl sites for hydroxylation is 1. The van der Waals surface area contributed by atoms with Gasteiger partial charge in [0.1, 0.15) is 5.75 Å². The van der Waals surface area contributed by atoms with E-state index < -0.39 is 0 Å². The van der Waals surface area contributed by atoms with E-state index in [1.165, 1.54) is 89.0 Å². The van der Waals surface area contributed by atoms with Crippen molar-refractivity contribution in [2.24, 2.45) is 5.84 Å². The predicted molar refractivity (Wildman–Crippen MR) is 114 cm³/mol. The number of unbranched alkanes of at least 4 members (excludes halogenated alkanes) is 12. The van der Waals surface area contributed by atoms with Crippen molar-refractivity contribution in [3.05, 3.63) is 29.8 Å². The Morgan fingerprint density at radius 3 is 2.00 bits per heavy atom. The normalized spacial score (nSPS) is 10.7. The molecule has 4 heteroatoms. The number of carbonyl (C=O) groups is 1. The Morgan fingerprint density at radius 1 is 0.889 bits per heavy atom. The van der Waals surface area contributed by atoms with Gasteiger partial charge in [-0.2, -0.15) is 0 Å². The first kappa shape index (κ1) is 23.5. The van der Waals surface area contributed by atoms with Crippen LogP contribution in [-0.4, -0.2) is 12.5 Å². The molecular weight excluding hydrogens is 336 g/mol. The van der Waals surface area contributed by atoms with Gasteiger partial charge in [0.25, 0.3) is 5.91 Å². The summed E-state index contributed by atoms with van der Waals surface area (Å²) in [5.74, 6) is 5.45. The number of hydrogen-bond donors (Lipinski definition) is 2. The highest BCUT2D eigenvalue weighted by Gasteiger charge is 2.01. The summed E-state index contributed by atoms with van der Waals surface area (Å²) in [4.78, 5) is 11.1. The molecule has 27 heavy (non-hydrogen) atoms. The van der Waals surface area contributed by atoms with Crippen LogP contribution in [0.25, 0.3) is 0 Å². The van der Waals surface area contributed by atoms with E-state index in [1.807, 2.05) is 18.2 Å². The maximum Gasteiger partial charge on any atom is 0.271 e. The van der Waals surface area contributed by atoms with Gasteiger partial charge in [-0.3, -0.25) is 10.2 Å². The van der Waals surface area contributed by atoms with Crippen LogP contribution in [0.2, 0.25) is 0 Å². The van der Waals surface area contributed by atoms with Gasteiger partial charge in [0.15, 0.2) is 6.61 Å². The Labute approximate surface area is 166 Å². The summed E-state index contributed by atoms with van der Waals surface area (Å²) in [6.45, 7) is 2.23. The van der Waals surface area contributed by atoms with Crippen molar-refractivity contribution in [1.82, 2.24) is 5.43 Å². The van der Waals surface area contributed by atoms with E-state index in [1.54, 1.807) is 0 Å². The molecule has 0 radical (unpaired) electrons. The van der Waals surface area contributed by atoms with E-state index in [2.05, 4.69) is 18.4 Å². The topological polar surface area (TPSA) is 64.3 Å². The van der Waals surface area contributed by atoms with Gasteiger partial charge in [0.05, 0.1) is 0 Å². The molecule has 0 saturated heterocycles. The van der Waals surface area contributed by atoms with Crippen molar-refractivity contribution < 1.29 is 9.53 Å². The molecule has 0 saturated carbocycles. The fourth-order valence-corrected chi connectivity index (χ4v) is 3.33. The molecule has 154 valence electrons. The number of hydrazine groups is 1. The summed E-state index contributed by atoms with van der Waals surface area (Å²) < 4.78 is 5.43. The van der Waals surface area contributed by atoms with Gasteiger partial charge < -0.3 is 4.74 Å². The fourth-order valence-electron chi connectivity index (χ4n) is 3.33. The van der Waals surface area contributed by atoms with Crippen LogP contribution in [0, 0.1) is 0 Å². The van der Waals surface area contributed by atoms with Crippen LogP contribution in [0.5, 0.6) is 5.75 Å². The van der Waals surface area contributed by atoms with Crippen LogP contribution < -0.4 is 16.0 Å². The Hall–Kier alpha value is -1.55. The van der Waals surface area contributed by atoms with Gasteiger partial charge >= 0.3 is 0 Å². The molecule has 1 rings (SSSR count).